The predicted octanol–water partition coefficient (Wildman–Crippen LogP) is 3.44. The summed E-state index contributed by atoms with van der Waals surface area (Å²) in [6.45, 7) is 1.92. The zero-order valence-electron chi connectivity index (χ0n) is 16.9. The van der Waals surface area contributed by atoms with Crippen molar-refractivity contribution in [3.05, 3.63) is 73.3 Å². The number of nitro groups is 1. The van der Waals surface area contributed by atoms with E-state index in [2.05, 4.69) is 10.4 Å². The number of fused-ring (bicyclic) bond motifs is 1. The Hall–Kier alpha value is -3.53. The van der Waals surface area contributed by atoms with Crippen LogP contribution in [0.3, 0.4) is 0 Å². The lowest BCUT2D eigenvalue weighted by molar-refractivity contribution is -0.389. The second kappa shape index (κ2) is 8.31. The summed E-state index contributed by atoms with van der Waals surface area (Å²) in [7, 11) is 0. The first-order valence-corrected chi connectivity index (χ1v) is 10.7. The van der Waals surface area contributed by atoms with Gasteiger partial charge in [-0.1, -0.05) is 18.2 Å². The number of nitrogens with one attached hydrogen (secondary N) is 1. The van der Waals surface area contributed by atoms with Crippen molar-refractivity contribution in [3.63, 3.8) is 0 Å². The minimum atomic E-state index is -0.550. The maximum Gasteiger partial charge on any atom is 0.390 e. The summed E-state index contributed by atoms with van der Waals surface area (Å²) < 4.78 is 1.49. The van der Waals surface area contributed by atoms with Gasteiger partial charge in [-0.3, -0.25) is 9.59 Å². The van der Waals surface area contributed by atoms with Crippen molar-refractivity contribution in [1.82, 2.24) is 9.78 Å². The lowest BCUT2D eigenvalue weighted by Crippen LogP contribution is -2.20. The van der Waals surface area contributed by atoms with Crippen LogP contribution in [0.1, 0.15) is 55.3 Å². The van der Waals surface area contributed by atoms with Gasteiger partial charge in [-0.05, 0) is 54.7 Å². The largest absolute Gasteiger partial charge is 0.390 e. The van der Waals surface area contributed by atoms with Gasteiger partial charge in [0.2, 0.25) is 0 Å². The van der Waals surface area contributed by atoms with Crippen molar-refractivity contribution >= 4 is 34.0 Å². The van der Waals surface area contributed by atoms with Gasteiger partial charge in [0.05, 0.1) is 29.0 Å². The van der Waals surface area contributed by atoms with Gasteiger partial charge < -0.3 is 21.2 Å². The third kappa shape index (κ3) is 4.06. The van der Waals surface area contributed by atoms with E-state index in [9.17, 15) is 19.7 Å². The molecule has 31 heavy (non-hydrogen) atoms. The lowest BCUT2D eigenvalue weighted by Gasteiger charge is -2.11. The molecule has 2 heterocycles. The Bertz CT molecular complexity index is 1200. The molecule has 1 aliphatic carbocycles. The van der Waals surface area contributed by atoms with Gasteiger partial charge in [0.1, 0.15) is 5.00 Å². The van der Waals surface area contributed by atoms with E-state index in [0.29, 0.717) is 27.4 Å². The zero-order valence-corrected chi connectivity index (χ0v) is 17.7. The highest BCUT2D eigenvalue weighted by atomic mass is 32.1. The molecule has 0 saturated heterocycles. The van der Waals surface area contributed by atoms with Crippen molar-refractivity contribution in [3.8, 4) is 0 Å². The van der Waals surface area contributed by atoms with Crippen LogP contribution in [-0.4, -0.2) is 26.5 Å². The number of aromatic nitrogens is 2. The summed E-state index contributed by atoms with van der Waals surface area (Å²) >= 11 is 1.41. The molecule has 3 aromatic rings. The Morgan fingerprint density at radius 3 is 2.74 bits per heavy atom. The summed E-state index contributed by atoms with van der Waals surface area (Å²) in [6, 6.07) is 8.37. The number of thiophene rings is 1. The number of amides is 2. The van der Waals surface area contributed by atoms with E-state index in [1.165, 1.54) is 22.1 Å². The van der Waals surface area contributed by atoms with Crippen LogP contribution in [0.2, 0.25) is 0 Å². The van der Waals surface area contributed by atoms with E-state index >= 15 is 0 Å². The maximum absolute atomic E-state index is 13.1. The fraction of sp³-hybridized carbons (Fsp3) is 0.286. The molecule has 0 spiro atoms. The Kier molecular flexibility index (Phi) is 5.55. The molecule has 160 valence electrons. The first kappa shape index (κ1) is 20.7. The molecule has 0 radical (unpaired) electrons. The third-order valence-corrected chi connectivity index (χ3v) is 6.59. The van der Waals surface area contributed by atoms with E-state index in [-0.39, 0.29) is 18.3 Å². The number of carbonyl (C=O) groups excluding carboxylic acids is 2. The number of hydrogen-bond donors (Lipinski definition) is 2. The minimum Gasteiger partial charge on any atom is -0.365 e. The monoisotopic (exact) mass is 439 g/mol. The molecule has 0 bridgehead atoms. The number of carbonyl (C=O) groups is 2. The molecule has 2 amide bonds. The number of nitrogens with two attached hydrogens (primary N) is 1. The summed E-state index contributed by atoms with van der Waals surface area (Å²) in [5.41, 5.74) is 8.65. The van der Waals surface area contributed by atoms with Crippen molar-refractivity contribution < 1.29 is 14.5 Å². The van der Waals surface area contributed by atoms with Gasteiger partial charge in [-0.15, -0.1) is 11.3 Å². The van der Waals surface area contributed by atoms with Crippen LogP contribution in [-0.2, 0) is 19.4 Å². The summed E-state index contributed by atoms with van der Waals surface area (Å²) in [4.78, 5) is 36.8. The van der Waals surface area contributed by atoms with E-state index < -0.39 is 10.8 Å². The van der Waals surface area contributed by atoms with Gasteiger partial charge in [0.25, 0.3) is 11.8 Å². The molecule has 0 unspecified atom stereocenters. The standard InChI is InChI=1S/C21H21N5O4S/c1-12-10-17(26(29)30)24-25(12)11-13-6-2-3-7-14(13)20(28)23-21-18(19(22)27)15-8-4-5-9-16(15)31-21/h2-3,6-7,10H,4-5,8-9,11H2,1H3,(H2,22,27)(H,23,28). The predicted molar refractivity (Wildman–Crippen MR) is 117 cm³/mol. The molecule has 1 aromatic carbocycles. The average molecular weight is 439 g/mol. The number of nitrogens with zero attached hydrogens (tertiary/aromatic N) is 3. The van der Waals surface area contributed by atoms with E-state index in [4.69, 9.17) is 5.73 Å². The highest BCUT2D eigenvalue weighted by molar-refractivity contribution is 7.17. The molecule has 0 aliphatic heterocycles. The molecule has 0 atom stereocenters. The second-order valence-electron chi connectivity index (χ2n) is 7.45. The zero-order chi connectivity index (χ0) is 22.1. The van der Waals surface area contributed by atoms with Crippen molar-refractivity contribution in [2.24, 2.45) is 5.73 Å². The maximum atomic E-state index is 13.1. The molecule has 4 rings (SSSR count). The van der Waals surface area contributed by atoms with E-state index in [0.717, 1.165) is 36.1 Å². The summed E-state index contributed by atoms with van der Waals surface area (Å²) in [5.74, 6) is -1.15. The lowest BCUT2D eigenvalue weighted by atomic mass is 9.95. The van der Waals surface area contributed by atoms with Crippen LogP contribution < -0.4 is 11.1 Å². The number of rotatable bonds is 6. The van der Waals surface area contributed by atoms with Gasteiger partial charge >= 0.3 is 5.82 Å². The number of aryl methyl sites for hydroxylation is 2. The highest BCUT2D eigenvalue weighted by Gasteiger charge is 2.26. The van der Waals surface area contributed by atoms with E-state index in [1.807, 2.05) is 0 Å². The van der Waals surface area contributed by atoms with Gasteiger partial charge in [-0.2, -0.15) is 4.68 Å². The topological polar surface area (TPSA) is 133 Å². The third-order valence-electron chi connectivity index (χ3n) is 5.38. The summed E-state index contributed by atoms with van der Waals surface area (Å²) in [6.07, 6.45) is 3.71. The van der Waals surface area contributed by atoms with Crippen LogP contribution in [0, 0.1) is 17.0 Å². The first-order chi connectivity index (χ1) is 14.8. The quantitative estimate of drug-likeness (QED) is 0.448. The molecule has 2 aromatic heterocycles. The van der Waals surface area contributed by atoms with Crippen LogP contribution in [0.4, 0.5) is 10.8 Å². The molecular formula is C21H21N5O4S. The Morgan fingerprint density at radius 2 is 2.03 bits per heavy atom. The minimum absolute atomic E-state index is 0.201. The molecule has 0 saturated carbocycles. The molecule has 1 aliphatic rings. The fourth-order valence-corrected chi connectivity index (χ4v) is 5.16. The smallest absolute Gasteiger partial charge is 0.365 e. The molecule has 10 heteroatoms. The fourth-order valence-electron chi connectivity index (χ4n) is 3.87. The number of benzene rings is 1. The van der Waals surface area contributed by atoms with E-state index in [1.54, 1.807) is 31.2 Å². The molecule has 9 nitrogen and oxygen atoms in total. The SMILES string of the molecule is Cc1cc([N+](=O)[O-])nn1Cc1ccccc1C(=O)Nc1sc2c(c1C(N)=O)CCCC2. The normalized spacial score (nSPS) is 12.9. The number of primary amides is 1. The Morgan fingerprint density at radius 1 is 1.29 bits per heavy atom. The molecule has 3 N–H and O–H groups in total. The van der Waals surface area contributed by atoms with Gasteiger partial charge in [-0.25, -0.2) is 0 Å². The second-order valence-corrected chi connectivity index (χ2v) is 8.55. The van der Waals surface area contributed by atoms with Crippen molar-refractivity contribution in [2.45, 2.75) is 39.2 Å². The van der Waals surface area contributed by atoms with Crippen LogP contribution in [0.25, 0.3) is 0 Å². The highest BCUT2D eigenvalue weighted by Crippen LogP contribution is 2.38. The number of hydrogen-bond acceptors (Lipinski definition) is 6. The van der Waals surface area contributed by atoms with Crippen LogP contribution in [0.5, 0.6) is 0 Å². The van der Waals surface area contributed by atoms with Gasteiger partial charge in [0.15, 0.2) is 0 Å². The average Bonchev–Trinajstić information content (AvgIpc) is 3.28. The Labute approximate surface area is 182 Å². The number of anilines is 1. The van der Waals surface area contributed by atoms with Crippen molar-refractivity contribution in [1.29, 1.82) is 0 Å². The van der Waals surface area contributed by atoms with Crippen molar-refractivity contribution in [2.75, 3.05) is 5.32 Å². The van der Waals surface area contributed by atoms with Gasteiger partial charge in [0, 0.05) is 10.4 Å². The van der Waals surface area contributed by atoms with Crippen LogP contribution >= 0.6 is 11.3 Å². The summed E-state index contributed by atoms with van der Waals surface area (Å²) in [5, 5.41) is 18.3. The van der Waals surface area contributed by atoms with Crippen LogP contribution in [0.15, 0.2) is 30.3 Å². The first-order valence-electron chi connectivity index (χ1n) is 9.87. The molecular weight excluding hydrogens is 418 g/mol. The Balaban J connectivity index is 1.63. The molecule has 0 fully saturated rings.